The van der Waals surface area contributed by atoms with Gasteiger partial charge < -0.3 is 37.2 Å². The van der Waals surface area contributed by atoms with E-state index in [1.807, 2.05) is 19.1 Å². The van der Waals surface area contributed by atoms with E-state index in [2.05, 4.69) is 21.3 Å². The number of phenols is 2. The summed E-state index contributed by atoms with van der Waals surface area (Å²) in [7, 11) is 0. The number of hydrogen-bond donors (Lipinski definition) is 7. The zero-order valence-corrected chi connectivity index (χ0v) is 31.9. The van der Waals surface area contributed by atoms with Gasteiger partial charge in [-0.3, -0.25) is 24.0 Å². The smallest absolute Gasteiger partial charge is 0.270 e. The Morgan fingerprint density at radius 3 is 1.82 bits per heavy atom. The largest absolute Gasteiger partial charge is 0.504 e. The molecule has 302 valence electrons. The number of rotatable bonds is 20. The lowest BCUT2D eigenvalue weighted by Gasteiger charge is -2.25. The molecule has 0 saturated heterocycles. The molecule has 0 fully saturated rings. The quantitative estimate of drug-likeness (QED) is 0.0511. The first kappa shape index (κ1) is 43.4. The molecule has 0 spiro atoms. The second-order valence-corrected chi connectivity index (χ2v) is 13.9. The van der Waals surface area contributed by atoms with Gasteiger partial charge in [0, 0.05) is 37.4 Å². The van der Waals surface area contributed by atoms with Crippen LogP contribution in [0.2, 0.25) is 0 Å². The number of nitrogens with one attached hydrogen (secondary N) is 4. The van der Waals surface area contributed by atoms with Crippen LogP contribution >= 0.6 is 0 Å². The van der Waals surface area contributed by atoms with E-state index >= 15 is 0 Å². The lowest BCUT2D eigenvalue weighted by molar-refractivity contribution is -0.133. The predicted molar refractivity (Wildman–Crippen MR) is 210 cm³/mol. The van der Waals surface area contributed by atoms with E-state index < -0.39 is 53.4 Å². The fourth-order valence-electron chi connectivity index (χ4n) is 6.05. The Morgan fingerprint density at radius 1 is 0.684 bits per heavy atom. The van der Waals surface area contributed by atoms with Gasteiger partial charge >= 0.3 is 0 Å². The lowest BCUT2D eigenvalue weighted by atomic mass is 9.99. The number of amides is 5. The van der Waals surface area contributed by atoms with Gasteiger partial charge in [-0.2, -0.15) is 0 Å². The number of primary amides is 1. The summed E-state index contributed by atoms with van der Waals surface area (Å²) in [6, 6.07) is 21.5. The van der Waals surface area contributed by atoms with Gasteiger partial charge in [0.05, 0.1) is 6.42 Å². The van der Waals surface area contributed by atoms with Gasteiger partial charge in [0.25, 0.3) is 11.8 Å². The zero-order valence-electron chi connectivity index (χ0n) is 31.9. The molecule has 0 heterocycles. The van der Waals surface area contributed by atoms with Gasteiger partial charge in [-0.15, -0.1) is 0 Å². The summed E-state index contributed by atoms with van der Waals surface area (Å²) >= 11 is 0. The average molecular weight is 786 g/mol. The average Bonchev–Trinajstić information content (AvgIpc) is 3.18. The number of carbonyl (C=O) groups is 5. The van der Waals surface area contributed by atoms with E-state index in [0.717, 1.165) is 18.9 Å². The number of aromatic hydroxyl groups is 2. The topological polar surface area (TPSA) is 200 Å². The summed E-state index contributed by atoms with van der Waals surface area (Å²) in [5, 5.41) is 30.4. The molecule has 3 atom stereocenters. The minimum absolute atomic E-state index is 0.0261. The van der Waals surface area contributed by atoms with Crippen molar-refractivity contribution in [2.24, 2.45) is 5.73 Å². The van der Waals surface area contributed by atoms with Crippen LogP contribution in [-0.2, 0) is 50.8 Å². The van der Waals surface area contributed by atoms with E-state index in [1.165, 1.54) is 42.5 Å². The Morgan fingerprint density at radius 2 is 1.25 bits per heavy atom. The van der Waals surface area contributed by atoms with Crippen molar-refractivity contribution < 1.29 is 43.0 Å². The van der Waals surface area contributed by atoms with Crippen LogP contribution in [0.25, 0.3) is 0 Å². The van der Waals surface area contributed by atoms with Crippen molar-refractivity contribution in [3.63, 3.8) is 0 Å². The van der Waals surface area contributed by atoms with E-state index in [1.54, 1.807) is 42.5 Å². The predicted octanol–water partition coefficient (Wildman–Crippen LogP) is 4.34. The molecule has 3 unspecified atom stereocenters. The summed E-state index contributed by atoms with van der Waals surface area (Å²) in [4.78, 5) is 66.1. The van der Waals surface area contributed by atoms with Crippen LogP contribution in [0.5, 0.6) is 11.5 Å². The number of phenolic OH excluding ortho intramolecular Hbond substituents is 2. The molecule has 4 aromatic rings. The Balaban J connectivity index is 1.48. The highest BCUT2D eigenvalue weighted by atomic mass is 19.3. The third-order valence-corrected chi connectivity index (χ3v) is 9.36. The molecule has 0 aromatic heterocycles. The minimum Gasteiger partial charge on any atom is -0.504 e. The molecule has 12 nitrogen and oxygen atoms in total. The van der Waals surface area contributed by atoms with Crippen molar-refractivity contribution in [2.45, 2.75) is 82.8 Å². The van der Waals surface area contributed by atoms with Crippen molar-refractivity contribution in [1.82, 2.24) is 21.3 Å². The highest BCUT2D eigenvalue weighted by Crippen LogP contribution is 2.27. The molecule has 4 rings (SSSR count). The number of hydrogen-bond acceptors (Lipinski definition) is 7. The molecule has 57 heavy (non-hydrogen) atoms. The number of halogens is 2. The fraction of sp³-hybridized carbons (Fsp3) is 0.326. The van der Waals surface area contributed by atoms with Gasteiger partial charge in [0.1, 0.15) is 18.1 Å². The standard InChI is InChI=1S/C43H49F2N5O7/c1-3-27-12-17-31(18-13-27)40(55)47-22-8-7-11-33(39(46)54)49-42(57)35(24-29-14-19-32(20-15-29)43(2,44)45)50-41(56)34(23-28-9-5-4-6-10-28)48-38(53)26-30-16-21-36(51)37(52)25-30/h4-6,9-10,12-21,25,33-35,51-52H,3,7-8,11,22-24,26H2,1-2H3,(H2,46,54)(H,47,55)(H,48,53)(H,49,57)(H,50,56). The normalized spacial score (nSPS) is 12.8. The number of unbranched alkanes of at least 4 members (excludes halogenated alkanes) is 1. The van der Waals surface area contributed by atoms with Crippen LogP contribution in [0, 0.1) is 0 Å². The molecule has 14 heteroatoms. The van der Waals surface area contributed by atoms with Gasteiger partial charge in [-0.25, -0.2) is 8.78 Å². The third kappa shape index (κ3) is 13.7. The maximum atomic E-state index is 14.0. The number of alkyl halides is 2. The maximum Gasteiger partial charge on any atom is 0.270 e. The summed E-state index contributed by atoms with van der Waals surface area (Å²) < 4.78 is 27.9. The first-order valence-electron chi connectivity index (χ1n) is 18.7. The van der Waals surface area contributed by atoms with Crippen molar-refractivity contribution in [3.8, 4) is 11.5 Å². The van der Waals surface area contributed by atoms with Gasteiger partial charge in [-0.05, 0) is 72.2 Å². The van der Waals surface area contributed by atoms with E-state index in [0.29, 0.717) is 41.6 Å². The van der Waals surface area contributed by atoms with E-state index in [9.17, 15) is 43.0 Å². The highest BCUT2D eigenvalue weighted by Gasteiger charge is 2.30. The minimum atomic E-state index is -3.11. The molecule has 5 amide bonds. The molecule has 0 bridgehead atoms. The van der Waals surface area contributed by atoms with Crippen LogP contribution in [0.4, 0.5) is 8.78 Å². The molecular formula is C43H49F2N5O7. The molecule has 8 N–H and O–H groups in total. The molecule has 0 aliphatic rings. The van der Waals surface area contributed by atoms with Gasteiger partial charge in [0.15, 0.2) is 11.5 Å². The number of carbonyl (C=O) groups excluding carboxylic acids is 5. The van der Waals surface area contributed by atoms with Gasteiger partial charge in [-0.1, -0.05) is 79.7 Å². The Bertz CT molecular complexity index is 1990. The summed E-state index contributed by atoms with van der Waals surface area (Å²) in [6.07, 6.45) is 1.46. The number of aryl methyl sites for hydroxylation is 1. The summed E-state index contributed by atoms with van der Waals surface area (Å²) in [6.45, 7) is 3.08. The molecule has 0 saturated carbocycles. The van der Waals surface area contributed by atoms with Crippen LogP contribution in [0.1, 0.15) is 71.3 Å². The van der Waals surface area contributed by atoms with Gasteiger partial charge in [0.2, 0.25) is 23.6 Å². The second kappa shape index (κ2) is 20.6. The van der Waals surface area contributed by atoms with Crippen molar-refractivity contribution >= 4 is 29.5 Å². The maximum absolute atomic E-state index is 14.0. The van der Waals surface area contributed by atoms with Crippen LogP contribution in [0.15, 0.2) is 97.1 Å². The Hall–Kier alpha value is -6.31. The summed E-state index contributed by atoms with van der Waals surface area (Å²) in [5.41, 5.74) is 8.53. The molecule has 0 aliphatic carbocycles. The Kier molecular flexibility index (Phi) is 15.7. The highest BCUT2D eigenvalue weighted by molar-refractivity contribution is 5.95. The molecular weight excluding hydrogens is 736 g/mol. The first-order chi connectivity index (χ1) is 27.1. The van der Waals surface area contributed by atoms with E-state index in [4.69, 9.17) is 5.73 Å². The van der Waals surface area contributed by atoms with Crippen LogP contribution in [-0.4, -0.2) is 64.4 Å². The lowest BCUT2D eigenvalue weighted by Crippen LogP contribution is -2.57. The number of nitrogens with two attached hydrogens (primary N) is 1. The SMILES string of the molecule is CCc1ccc(C(=O)NCCCCC(NC(=O)C(Cc2ccc(C(C)(F)F)cc2)NC(=O)C(Cc2ccccc2)NC(=O)Cc2ccc(O)c(O)c2)C(N)=O)cc1. The molecule has 4 aromatic carbocycles. The van der Waals surface area contributed by atoms with Crippen molar-refractivity contribution in [3.05, 3.63) is 130 Å². The third-order valence-electron chi connectivity index (χ3n) is 9.36. The first-order valence-corrected chi connectivity index (χ1v) is 18.7. The van der Waals surface area contributed by atoms with Crippen molar-refractivity contribution in [2.75, 3.05) is 6.54 Å². The molecule has 0 aliphatic heterocycles. The van der Waals surface area contributed by atoms with E-state index in [-0.39, 0.29) is 42.9 Å². The molecule has 0 radical (unpaired) electrons. The van der Waals surface area contributed by atoms with Crippen LogP contribution in [0.3, 0.4) is 0 Å². The zero-order chi connectivity index (χ0) is 41.5. The summed E-state index contributed by atoms with van der Waals surface area (Å²) in [5.74, 6) is -7.06. The second-order valence-electron chi connectivity index (χ2n) is 13.9. The van der Waals surface area contributed by atoms with Crippen molar-refractivity contribution in [1.29, 1.82) is 0 Å². The fourth-order valence-corrected chi connectivity index (χ4v) is 6.05. The monoisotopic (exact) mass is 785 g/mol. The van der Waals surface area contributed by atoms with Crippen LogP contribution < -0.4 is 27.0 Å². The Labute approximate surface area is 330 Å². The number of benzene rings is 4.